The second kappa shape index (κ2) is 5.30. The van der Waals surface area contributed by atoms with Gasteiger partial charge in [-0.1, -0.05) is 6.07 Å². The molecule has 0 aliphatic carbocycles. The predicted molar refractivity (Wildman–Crippen MR) is 73.2 cm³/mol. The molecule has 0 aliphatic heterocycles. The highest BCUT2D eigenvalue weighted by Crippen LogP contribution is 2.16. The number of nitrogens with one attached hydrogen (secondary N) is 1. The maximum absolute atomic E-state index is 12.1. The lowest BCUT2D eigenvalue weighted by Gasteiger charge is -2.08. The van der Waals surface area contributed by atoms with E-state index in [0.29, 0.717) is 5.69 Å². The lowest BCUT2D eigenvalue weighted by Crippen LogP contribution is -2.14. The minimum absolute atomic E-state index is 0.0880. The molecule has 20 heavy (non-hydrogen) atoms. The summed E-state index contributed by atoms with van der Waals surface area (Å²) in [6, 6.07) is 8.40. The molecule has 0 atom stereocenters. The maximum atomic E-state index is 12.1. The van der Waals surface area contributed by atoms with Crippen LogP contribution in [0.4, 0.5) is 5.69 Å². The highest BCUT2D eigenvalue weighted by molar-refractivity contribution is 7.92. The first-order valence-electron chi connectivity index (χ1n) is 5.67. The maximum Gasteiger partial charge on any atom is 0.335 e. The highest BCUT2D eigenvalue weighted by Gasteiger charge is 2.16. The summed E-state index contributed by atoms with van der Waals surface area (Å²) in [6.07, 6.45) is 1.40. The van der Waals surface area contributed by atoms with Crippen LogP contribution in [-0.2, 0) is 10.0 Å². The van der Waals surface area contributed by atoms with Gasteiger partial charge in [0.1, 0.15) is 0 Å². The number of carbonyl (C=O) groups is 1. The van der Waals surface area contributed by atoms with E-state index in [0.717, 1.165) is 11.8 Å². The standard InChI is InChI=1S/C13H12N2O4S/c1-9-5-6-11(8-14-9)15-20(18,19)12-4-2-3-10(7-12)13(16)17/h2-8,15H,1H3,(H,16,17). The van der Waals surface area contributed by atoms with Crippen LogP contribution in [0.5, 0.6) is 0 Å². The summed E-state index contributed by atoms with van der Waals surface area (Å²) in [5, 5.41) is 8.87. The van der Waals surface area contributed by atoms with Gasteiger partial charge in [-0.05, 0) is 37.3 Å². The van der Waals surface area contributed by atoms with Crippen molar-refractivity contribution in [3.63, 3.8) is 0 Å². The Bertz CT molecular complexity index is 739. The molecule has 0 radical (unpaired) electrons. The fourth-order valence-electron chi connectivity index (χ4n) is 1.54. The number of hydrogen-bond donors (Lipinski definition) is 2. The third-order valence-corrected chi connectivity index (χ3v) is 3.93. The normalized spacial score (nSPS) is 11.1. The molecule has 104 valence electrons. The van der Waals surface area contributed by atoms with Gasteiger partial charge in [0.2, 0.25) is 0 Å². The minimum atomic E-state index is -3.84. The number of aromatic nitrogens is 1. The minimum Gasteiger partial charge on any atom is -0.478 e. The Morgan fingerprint density at radius 3 is 2.60 bits per heavy atom. The van der Waals surface area contributed by atoms with Crippen LogP contribution < -0.4 is 4.72 Å². The second-order valence-corrected chi connectivity index (χ2v) is 5.81. The number of sulfonamides is 1. The van der Waals surface area contributed by atoms with Gasteiger partial charge in [0.05, 0.1) is 22.3 Å². The molecule has 0 spiro atoms. The summed E-state index contributed by atoms with van der Waals surface area (Å²) in [5.74, 6) is -1.18. The fraction of sp³-hybridized carbons (Fsp3) is 0.0769. The molecule has 1 heterocycles. The number of anilines is 1. The van der Waals surface area contributed by atoms with Crippen LogP contribution in [0, 0.1) is 6.92 Å². The van der Waals surface area contributed by atoms with Crippen molar-refractivity contribution in [2.75, 3.05) is 4.72 Å². The topological polar surface area (TPSA) is 96.4 Å². The van der Waals surface area contributed by atoms with E-state index >= 15 is 0 Å². The fourth-order valence-corrected chi connectivity index (χ4v) is 2.63. The third-order valence-electron chi connectivity index (χ3n) is 2.55. The van der Waals surface area contributed by atoms with E-state index in [2.05, 4.69) is 9.71 Å². The number of benzene rings is 1. The Labute approximate surface area is 116 Å². The van der Waals surface area contributed by atoms with Crippen molar-refractivity contribution in [2.24, 2.45) is 0 Å². The van der Waals surface area contributed by atoms with E-state index in [-0.39, 0.29) is 10.5 Å². The summed E-state index contributed by atoms with van der Waals surface area (Å²) < 4.78 is 26.6. The van der Waals surface area contributed by atoms with Crippen molar-refractivity contribution in [1.82, 2.24) is 4.98 Å². The van der Waals surface area contributed by atoms with E-state index in [1.54, 1.807) is 19.1 Å². The molecule has 0 aliphatic rings. The number of nitrogens with zero attached hydrogens (tertiary/aromatic N) is 1. The highest BCUT2D eigenvalue weighted by atomic mass is 32.2. The first kappa shape index (κ1) is 14.0. The molecular formula is C13H12N2O4S. The van der Waals surface area contributed by atoms with Gasteiger partial charge in [-0.3, -0.25) is 9.71 Å². The van der Waals surface area contributed by atoms with E-state index in [1.807, 2.05) is 0 Å². The zero-order valence-corrected chi connectivity index (χ0v) is 11.4. The quantitative estimate of drug-likeness (QED) is 0.897. The summed E-state index contributed by atoms with van der Waals surface area (Å²) in [4.78, 5) is 14.7. The summed E-state index contributed by atoms with van der Waals surface area (Å²) in [7, 11) is -3.84. The molecule has 6 nitrogen and oxygen atoms in total. The molecular weight excluding hydrogens is 280 g/mol. The van der Waals surface area contributed by atoms with Gasteiger partial charge < -0.3 is 5.11 Å². The van der Waals surface area contributed by atoms with E-state index in [1.165, 1.54) is 24.4 Å². The Morgan fingerprint density at radius 1 is 1.25 bits per heavy atom. The lowest BCUT2D eigenvalue weighted by molar-refractivity contribution is 0.0696. The van der Waals surface area contributed by atoms with Gasteiger partial charge >= 0.3 is 5.97 Å². The Morgan fingerprint density at radius 2 is 2.00 bits per heavy atom. The Kier molecular flexibility index (Phi) is 3.71. The van der Waals surface area contributed by atoms with Crippen LogP contribution >= 0.6 is 0 Å². The summed E-state index contributed by atoms with van der Waals surface area (Å²) in [5.41, 5.74) is 0.993. The Balaban J connectivity index is 2.33. The van der Waals surface area contributed by atoms with E-state index < -0.39 is 16.0 Å². The summed E-state index contributed by atoms with van der Waals surface area (Å²) in [6.45, 7) is 1.79. The molecule has 7 heteroatoms. The summed E-state index contributed by atoms with van der Waals surface area (Å²) >= 11 is 0. The molecule has 2 N–H and O–H groups in total. The van der Waals surface area contributed by atoms with Crippen LogP contribution in [-0.4, -0.2) is 24.5 Å². The molecule has 0 unspecified atom stereocenters. The zero-order valence-electron chi connectivity index (χ0n) is 10.6. The number of aromatic carboxylic acids is 1. The van der Waals surface area contributed by atoms with Crippen molar-refractivity contribution in [3.8, 4) is 0 Å². The van der Waals surface area contributed by atoms with Crippen molar-refractivity contribution < 1.29 is 18.3 Å². The lowest BCUT2D eigenvalue weighted by atomic mass is 10.2. The van der Waals surface area contributed by atoms with Crippen molar-refractivity contribution in [3.05, 3.63) is 53.9 Å². The molecule has 0 amide bonds. The van der Waals surface area contributed by atoms with Crippen LogP contribution in [0.25, 0.3) is 0 Å². The SMILES string of the molecule is Cc1ccc(NS(=O)(=O)c2cccc(C(=O)O)c2)cn1. The van der Waals surface area contributed by atoms with Gasteiger partial charge in [0.25, 0.3) is 10.0 Å². The number of carboxylic acids is 1. The van der Waals surface area contributed by atoms with Crippen molar-refractivity contribution in [1.29, 1.82) is 0 Å². The average molecular weight is 292 g/mol. The van der Waals surface area contributed by atoms with Crippen LogP contribution in [0.1, 0.15) is 16.1 Å². The number of pyridine rings is 1. The van der Waals surface area contributed by atoms with Gasteiger partial charge in [-0.2, -0.15) is 0 Å². The number of aryl methyl sites for hydroxylation is 1. The van der Waals surface area contributed by atoms with E-state index in [4.69, 9.17) is 5.11 Å². The predicted octanol–water partition coefficient (Wildman–Crippen LogP) is 1.89. The monoisotopic (exact) mass is 292 g/mol. The molecule has 0 saturated carbocycles. The number of rotatable bonds is 4. The van der Waals surface area contributed by atoms with Crippen LogP contribution in [0.15, 0.2) is 47.5 Å². The molecule has 0 saturated heterocycles. The molecule has 2 rings (SSSR count). The van der Waals surface area contributed by atoms with Gasteiger partial charge in [-0.25, -0.2) is 13.2 Å². The van der Waals surface area contributed by atoms with Crippen LogP contribution in [0.2, 0.25) is 0 Å². The number of carboxylic acid groups (broad SMARTS) is 1. The average Bonchev–Trinajstić information content (AvgIpc) is 2.41. The first-order chi connectivity index (χ1) is 9.38. The number of hydrogen-bond acceptors (Lipinski definition) is 4. The van der Waals surface area contributed by atoms with Crippen LogP contribution in [0.3, 0.4) is 0 Å². The first-order valence-corrected chi connectivity index (χ1v) is 7.16. The largest absolute Gasteiger partial charge is 0.478 e. The van der Waals surface area contributed by atoms with Gasteiger partial charge in [-0.15, -0.1) is 0 Å². The second-order valence-electron chi connectivity index (χ2n) is 4.13. The third kappa shape index (κ3) is 3.12. The molecule has 2 aromatic rings. The van der Waals surface area contributed by atoms with Crippen molar-refractivity contribution >= 4 is 21.7 Å². The Hall–Kier alpha value is -2.41. The molecule has 0 bridgehead atoms. The van der Waals surface area contributed by atoms with Crippen molar-refractivity contribution in [2.45, 2.75) is 11.8 Å². The molecule has 1 aromatic carbocycles. The smallest absolute Gasteiger partial charge is 0.335 e. The zero-order chi connectivity index (χ0) is 14.8. The van der Waals surface area contributed by atoms with Gasteiger partial charge in [0.15, 0.2) is 0 Å². The van der Waals surface area contributed by atoms with Gasteiger partial charge in [0, 0.05) is 5.69 Å². The van der Waals surface area contributed by atoms with E-state index in [9.17, 15) is 13.2 Å². The molecule has 1 aromatic heterocycles. The molecule has 0 fully saturated rings.